The number of rotatable bonds is 3. The Morgan fingerprint density at radius 2 is 2.11 bits per heavy atom. The third-order valence-corrected chi connectivity index (χ3v) is 4.40. The number of fused-ring (bicyclic) bond motifs is 1. The first-order valence-electron chi connectivity index (χ1n) is 8.18. The molecule has 0 radical (unpaired) electrons. The molecule has 1 unspecified atom stereocenters. The summed E-state index contributed by atoms with van der Waals surface area (Å²) in [4.78, 5) is 12.4. The Bertz CT molecular complexity index is 1190. The molecule has 1 aromatic carbocycles. The van der Waals surface area contributed by atoms with Crippen LogP contribution in [-0.4, -0.2) is 15.3 Å². The number of aliphatic hydroxyl groups excluding tert-OH is 1. The Morgan fingerprint density at radius 3 is 2.79 bits per heavy atom. The van der Waals surface area contributed by atoms with Crippen LogP contribution in [0.2, 0.25) is 0 Å². The predicted molar refractivity (Wildman–Crippen MR) is 94.2 cm³/mol. The van der Waals surface area contributed by atoms with Crippen LogP contribution in [0, 0.1) is 17.1 Å². The lowest BCUT2D eigenvalue weighted by Crippen LogP contribution is -2.25. The van der Waals surface area contributed by atoms with Gasteiger partial charge in [0.2, 0.25) is 17.1 Å². The Kier molecular flexibility index (Phi) is 4.18. The molecule has 0 saturated carbocycles. The Hall–Kier alpha value is -3.90. The molecule has 1 aliphatic heterocycles. The van der Waals surface area contributed by atoms with Crippen LogP contribution in [0.1, 0.15) is 23.0 Å². The number of halogens is 1. The Morgan fingerprint density at radius 1 is 1.36 bits per heavy atom. The third-order valence-electron chi connectivity index (χ3n) is 4.40. The second-order valence-electron chi connectivity index (χ2n) is 6.06. The highest BCUT2D eigenvalue weighted by atomic mass is 19.1. The van der Waals surface area contributed by atoms with E-state index in [2.05, 4.69) is 10.2 Å². The van der Waals surface area contributed by atoms with Gasteiger partial charge >= 0.3 is 0 Å². The van der Waals surface area contributed by atoms with Gasteiger partial charge in [-0.1, -0.05) is 0 Å². The van der Waals surface area contributed by atoms with Crippen LogP contribution in [-0.2, 0) is 6.61 Å². The molecule has 0 bridgehead atoms. The summed E-state index contributed by atoms with van der Waals surface area (Å²) in [5.41, 5.74) is 6.94. The molecule has 0 amide bonds. The molecule has 0 spiro atoms. The van der Waals surface area contributed by atoms with Gasteiger partial charge in [-0.3, -0.25) is 9.89 Å². The number of nitrogens with one attached hydrogen (secondary N) is 1. The maximum atomic E-state index is 13.3. The molecule has 4 N–H and O–H groups in total. The van der Waals surface area contributed by atoms with E-state index in [0.29, 0.717) is 16.8 Å². The second-order valence-corrected chi connectivity index (χ2v) is 6.06. The summed E-state index contributed by atoms with van der Waals surface area (Å²) in [7, 11) is 0. The van der Waals surface area contributed by atoms with Crippen molar-refractivity contribution < 1.29 is 18.7 Å². The van der Waals surface area contributed by atoms with Crippen LogP contribution in [0.4, 0.5) is 4.39 Å². The molecule has 28 heavy (non-hydrogen) atoms. The van der Waals surface area contributed by atoms with Gasteiger partial charge in [0.25, 0.3) is 0 Å². The minimum absolute atomic E-state index is 0.0157. The standard InChI is InChI=1S/C19H13FN4O4/c20-10-3-1-9(2-4-10)16-13(7-23-24-16)15-12(6-21)19(22)28-17-14(26)5-11(8-25)27-18(15)17/h1-5,7,15,25H,8,22H2,(H,23,24). The molecule has 4 rings (SSSR count). The first kappa shape index (κ1) is 17.5. The first-order valence-corrected chi connectivity index (χ1v) is 8.18. The van der Waals surface area contributed by atoms with Gasteiger partial charge in [-0.2, -0.15) is 10.4 Å². The average molecular weight is 380 g/mol. The van der Waals surface area contributed by atoms with Gasteiger partial charge in [-0.05, 0) is 24.3 Å². The molecule has 8 nitrogen and oxygen atoms in total. The van der Waals surface area contributed by atoms with Gasteiger partial charge in [-0.25, -0.2) is 4.39 Å². The highest BCUT2D eigenvalue weighted by Gasteiger charge is 2.37. The van der Waals surface area contributed by atoms with E-state index < -0.39 is 23.8 Å². The largest absolute Gasteiger partial charge is 0.458 e. The number of aliphatic hydroxyl groups is 1. The fourth-order valence-electron chi connectivity index (χ4n) is 3.14. The third kappa shape index (κ3) is 2.72. The number of nitrogens with zero attached hydrogens (tertiary/aromatic N) is 2. The van der Waals surface area contributed by atoms with Gasteiger partial charge in [0.05, 0.1) is 17.8 Å². The summed E-state index contributed by atoms with van der Waals surface area (Å²) in [6.45, 7) is -0.507. The monoisotopic (exact) mass is 380 g/mol. The van der Waals surface area contributed by atoms with E-state index in [1.807, 2.05) is 6.07 Å². The first-order chi connectivity index (χ1) is 13.5. The molecule has 140 valence electrons. The van der Waals surface area contributed by atoms with E-state index >= 15 is 0 Å². The summed E-state index contributed by atoms with van der Waals surface area (Å²) < 4.78 is 24.3. The fraction of sp³-hybridized carbons (Fsp3) is 0.105. The van der Waals surface area contributed by atoms with Crippen molar-refractivity contribution in [3.8, 4) is 23.1 Å². The number of nitrogens with two attached hydrogens (primary N) is 1. The van der Waals surface area contributed by atoms with Crippen molar-refractivity contribution in [1.29, 1.82) is 5.26 Å². The number of hydrogen-bond donors (Lipinski definition) is 3. The quantitative estimate of drug-likeness (QED) is 0.630. The van der Waals surface area contributed by atoms with Crippen LogP contribution in [0.5, 0.6) is 5.75 Å². The lowest BCUT2D eigenvalue weighted by atomic mass is 9.86. The number of aromatic nitrogens is 2. The Balaban J connectivity index is 1.97. The zero-order valence-electron chi connectivity index (χ0n) is 14.3. The average Bonchev–Trinajstić information content (AvgIpc) is 3.17. The molecule has 1 aliphatic rings. The second kappa shape index (κ2) is 6.68. The van der Waals surface area contributed by atoms with E-state index in [1.54, 1.807) is 12.1 Å². The minimum atomic E-state index is -0.897. The highest BCUT2D eigenvalue weighted by Crippen LogP contribution is 2.43. The van der Waals surface area contributed by atoms with Crippen molar-refractivity contribution in [1.82, 2.24) is 10.2 Å². The lowest BCUT2D eigenvalue weighted by Gasteiger charge is -2.24. The van der Waals surface area contributed by atoms with Crippen LogP contribution in [0.3, 0.4) is 0 Å². The minimum Gasteiger partial charge on any atom is -0.458 e. The van der Waals surface area contributed by atoms with E-state index in [-0.39, 0.29) is 28.7 Å². The summed E-state index contributed by atoms with van der Waals surface area (Å²) >= 11 is 0. The number of benzene rings is 1. The van der Waals surface area contributed by atoms with Crippen LogP contribution in [0.25, 0.3) is 11.3 Å². The maximum absolute atomic E-state index is 13.3. The van der Waals surface area contributed by atoms with Gasteiger partial charge in [0, 0.05) is 17.2 Å². The van der Waals surface area contributed by atoms with Gasteiger partial charge in [0.15, 0.2) is 5.76 Å². The van der Waals surface area contributed by atoms with Crippen molar-refractivity contribution in [2.75, 3.05) is 0 Å². The van der Waals surface area contributed by atoms with Crippen molar-refractivity contribution in [2.45, 2.75) is 12.5 Å². The number of aromatic amines is 1. The van der Waals surface area contributed by atoms with Crippen molar-refractivity contribution in [3.05, 3.63) is 81.1 Å². The van der Waals surface area contributed by atoms with Crippen LogP contribution >= 0.6 is 0 Å². The summed E-state index contributed by atoms with van der Waals surface area (Å²) in [6, 6.07) is 8.75. The summed E-state index contributed by atoms with van der Waals surface area (Å²) in [6.07, 6.45) is 1.47. The molecular formula is C19H13FN4O4. The Labute approximate surface area is 157 Å². The van der Waals surface area contributed by atoms with Crippen molar-refractivity contribution in [3.63, 3.8) is 0 Å². The molecule has 0 fully saturated rings. The zero-order valence-corrected chi connectivity index (χ0v) is 14.3. The predicted octanol–water partition coefficient (Wildman–Crippen LogP) is 1.88. The van der Waals surface area contributed by atoms with Crippen molar-refractivity contribution >= 4 is 0 Å². The molecule has 9 heteroatoms. The summed E-state index contributed by atoms with van der Waals surface area (Å²) in [5.74, 6) is -1.64. The van der Waals surface area contributed by atoms with Crippen LogP contribution < -0.4 is 15.9 Å². The molecule has 2 aromatic heterocycles. The van der Waals surface area contributed by atoms with Gasteiger partial charge < -0.3 is 20.0 Å². The lowest BCUT2D eigenvalue weighted by molar-refractivity contribution is 0.231. The highest BCUT2D eigenvalue weighted by molar-refractivity contribution is 5.67. The smallest absolute Gasteiger partial charge is 0.228 e. The van der Waals surface area contributed by atoms with E-state index in [4.69, 9.17) is 14.9 Å². The van der Waals surface area contributed by atoms with Gasteiger partial charge in [0.1, 0.15) is 29.8 Å². The topological polar surface area (TPSA) is 138 Å². The molecule has 0 saturated heterocycles. The molecular weight excluding hydrogens is 367 g/mol. The normalized spacial score (nSPS) is 15.7. The number of allylic oxidation sites excluding steroid dienone is 1. The van der Waals surface area contributed by atoms with E-state index in [0.717, 1.165) is 6.07 Å². The number of H-pyrrole nitrogens is 1. The number of nitriles is 1. The summed E-state index contributed by atoms with van der Waals surface area (Å²) in [5, 5.41) is 25.9. The molecule has 0 aliphatic carbocycles. The maximum Gasteiger partial charge on any atom is 0.228 e. The van der Waals surface area contributed by atoms with Gasteiger partial charge in [-0.15, -0.1) is 0 Å². The van der Waals surface area contributed by atoms with E-state index in [1.165, 1.54) is 18.3 Å². The molecule has 3 heterocycles. The van der Waals surface area contributed by atoms with Crippen molar-refractivity contribution in [2.24, 2.45) is 5.73 Å². The fourth-order valence-corrected chi connectivity index (χ4v) is 3.14. The molecule has 1 atom stereocenters. The zero-order chi connectivity index (χ0) is 19.8. The number of hydrogen-bond acceptors (Lipinski definition) is 7. The van der Waals surface area contributed by atoms with Crippen LogP contribution in [0.15, 0.2) is 57.2 Å². The molecule has 3 aromatic rings. The SMILES string of the molecule is N#CC1=C(N)Oc2c(oc(CO)cc2=O)C1c1cn[nH]c1-c1ccc(F)cc1. The number of ether oxygens (including phenoxy) is 1. The van der Waals surface area contributed by atoms with E-state index in [9.17, 15) is 19.6 Å².